The zero-order valence-electron chi connectivity index (χ0n) is 22.3. The number of hydrogen-bond donors (Lipinski definition) is 1. The number of furan rings is 1. The third-order valence-corrected chi connectivity index (χ3v) is 7.19. The Balaban J connectivity index is 1.21. The molecule has 1 aliphatic rings. The van der Waals surface area contributed by atoms with Gasteiger partial charge in [0, 0.05) is 29.6 Å². The van der Waals surface area contributed by atoms with Gasteiger partial charge in [0.05, 0.1) is 25.3 Å². The molecule has 1 aliphatic heterocycles. The molecule has 2 amide bonds. The third-order valence-electron chi connectivity index (χ3n) is 7.19. The van der Waals surface area contributed by atoms with Crippen molar-refractivity contribution in [3.05, 3.63) is 66.7 Å². The van der Waals surface area contributed by atoms with Crippen LogP contribution in [0.25, 0.3) is 44.8 Å². The number of esters is 1. The number of para-hydroxylation sites is 1. The van der Waals surface area contributed by atoms with Gasteiger partial charge in [0.1, 0.15) is 22.6 Å². The van der Waals surface area contributed by atoms with E-state index in [1.165, 1.54) is 0 Å². The van der Waals surface area contributed by atoms with Crippen LogP contribution < -0.4 is 10.1 Å². The number of methoxy groups -OCH3 is 1. The van der Waals surface area contributed by atoms with E-state index in [0.29, 0.717) is 66.5 Å². The minimum absolute atomic E-state index is 0.173. The molecule has 1 fully saturated rings. The molecule has 9 heteroatoms. The Morgan fingerprint density at radius 2 is 1.77 bits per heavy atom. The van der Waals surface area contributed by atoms with Gasteiger partial charge in [0.15, 0.2) is 5.58 Å². The Morgan fingerprint density at radius 1 is 0.975 bits per heavy atom. The fourth-order valence-electron chi connectivity index (χ4n) is 5.04. The van der Waals surface area contributed by atoms with E-state index in [4.69, 9.17) is 23.3 Å². The molecule has 0 unspecified atom stereocenters. The zero-order valence-corrected chi connectivity index (χ0v) is 22.3. The second-order valence-corrected chi connectivity index (χ2v) is 9.71. The highest BCUT2D eigenvalue weighted by atomic mass is 16.5. The smallest absolute Gasteiger partial charge is 0.321 e. The summed E-state index contributed by atoms with van der Waals surface area (Å²) in [6.07, 6.45) is 1.14. The van der Waals surface area contributed by atoms with Crippen molar-refractivity contribution in [2.75, 3.05) is 32.1 Å². The highest BCUT2D eigenvalue weighted by molar-refractivity contribution is 5.92. The zero-order chi connectivity index (χ0) is 27.6. The molecule has 3 aromatic carbocycles. The van der Waals surface area contributed by atoms with Gasteiger partial charge in [-0.1, -0.05) is 18.2 Å². The largest absolute Gasteiger partial charge is 0.495 e. The molecule has 0 saturated carbocycles. The molecule has 204 valence electrons. The van der Waals surface area contributed by atoms with Crippen molar-refractivity contribution >= 4 is 39.8 Å². The first-order chi connectivity index (χ1) is 19.5. The van der Waals surface area contributed by atoms with Gasteiger partial charge in [-0.25, -0.2) is 9.78 Å². The van der Waals surface area contributed by atoms with Crippen molar-refractivity contribution in [3.8, 4) is 28.5 Å². The first-order valence-corrected chi connectivity index (χ1v) is 13.3. The molecule has 0 bridgehead atoms. The summed E-state index contributed by atoms with van der Waals surface area (Å²) in [5, 5.41) is 3.99. The summed E-state index contributed by atoms with van der Waals surface area (Å²) in [6.45, 7) is 3.09. The summed E-state index contributed by atoms with van der Waals surface area (Å²) >= 11 is 0. The lowest BCUT2D eigenvalue weighted by Crippen LogP contribution is -2.42. The molecule has 6 rings (SSSR count). The number of nitrogens with zero attached hydrogens (tertiary/aromatic N) is 2. The molecule has 0 radical (unpaired) electrons. The first-order valence-electron chi connectivity index (χ1n) is 13.3. The fourth-order valence-corrected chi connectivity index (χ4v) is 5.04. The van der Waals surface area contributed by atoms with Crippen LogP contribution in [0.15, 0.2) is 75.6 Å². The van der Waals surface area contributed by atoms with Gasteiger partial charge in [0.25, 0.3) is 0 Å². The SMILES string of the molecule is CCOC(=O)C1CCN(C(=O)Nc2cc(-c3nc4cc(-c5cc6ccccc6o5)ccc4o3)ccc2OC)CC1. The van der Waals surface area contributed by atoms with E-state index in [0.717, 1.165) is 22.3 Å². The number of ether oxygens (including phenoxy) is 2. The fraction of sp³-hybridized carbons (Fsp3) is 0.258. The van der Waals surface area contributed by atoms with Crippen LogP contribution in [0.4, 0.5) is 10.5 Å². The Kier molecular flexibility index (Phi) is 6.86. The van der Waals surface area contributed by atoms with Gasteiger partial charge >= 0.3 is 12.0 Å². The van der Waals surface area contributed by atoms with Crippen LogP contribution in [-0.2, 0) is 9.53 Å². The van der Waals surface area contributed by atoms with Gasteiger partial charge in [-0.15, -0.1) is 0 Å². The number of rotatable bonds is 6. The van der Waals surface area contributed by atoms with Crippen molar-refractivity contribution in [2.24, 2.45) is 5.92 Å². The molecule has 9 nitrogen and oxygen atoms in total. The predicted molar refractivity (Wildman–Crippen MR) is 151 cm³/mol. The van der Waals surface area contributed by atoms with Crippen LogP contribution in [0.5, 0.6) is 5.75 Å². The Hall–Kier alpha value is -4.79. The van der Waals surface area contributed by atoms with Gasteiger partial charge < -0.3 is 28.5 Å². The number of carbonyl (C=O) groups is 2. The quantitative estimate of drug-likeness (QED) is 0.239. The van der Waals surface area contributed by atoms with E-state index in [2.05, 4.69) is 5.32 Å². The summed E-state index contributed by atoms with van der Waals surface area (Å²) in [4.78, 5) is 31.5. The normalized spacial score (nSPS) is 14.0. The molecular weight excluding hydrogens is 510 g/mol. The molecule has 1 saturated heterocycles. The van der Waals surface area contributed by atoms with E-state index >= 15 is 0 Å². The number of oxazole rings is 1. The van der Waals surface area contributed by atoms with Gasteiger partial charge in [-0.3, -0.25) is 4.79 Å². The number of carbonyl (C=O) groups excluding carboxylic acids is 2. The summed E-state index contributed by atoms with van der Waals surface area (Å²) < 4.78 is 22.7. The summed E-state index contributed by atoms with van der Waals surface area (Å²) in [5.41, 5.74) is 4.26. The number of likely N-dealkylation sites (tertiary alicyclic amines) is 1. The van der Waals surface area contributed by atoms with Crippen molar-refractivity contribution in [2.45, 2.75) is 19.8 Å². The molecule has 1 N–H and O–H groups in total. The van der Waals surface area contributed by atoms with Gasteiger partial charge in [-0.05, 0) is 68.3 Å². The molecule has 0 atom stereocenters. The second kappa shape index (κ2) is 10.8. The Bertz CT molecular complexity index is 1660. The monoisotopic (exact) mass is 539 g/mol. The number of amides is 2. The number of fused-ring (bicyclic) bond motifs is 2. The maximum atomic E-state index is 13.1. The van der Waals surface area contributed by atoms with E-state index in [1.807, 2.05) is 54.6 Å². The number of piperidine rings is 1. The van der Waals surface area contributed by atoms with Crippen LogP contribution in [0.2, 0.25) is 0 Å². The van der Waals surface area contributed by atoms with Crippen molar-refractivity contribution in [1.82, 2.24) is 9.88 Å². The van der Waals surface area contributed by atoms with Gasteiger partial charge in [-0.2, -0.15) is 0 Å². The lowest BCUT2D eigenvalue weighted by atomic mass is 9.97. The molecule has 40 heavy (non-hydrogen) atoms. The molecule has 2 aromatic heterocycles. The highest BCUT2D eigenvalue weighted by Gasteiger charge is 2.28. The number of anilines is 1. The molecule has 3 heterocycles. The lowest BCUT2D eigenvalue weighted by Gasteiger charge is -2.31. The molecule has 5 aromatic rings. The second-order valence-electron chi connectivity index (χ2n) is 9.71. The average molecular weight is 540 g/mol. The molecule has 0 spiro atoms. The van der Waals surface area contributed by atoms with Crippen molar-refractivity contribution in [1.29, 1.82) is 0 Å². The predicted octanol–water partition coefficient (Wildman–Crippen LogP) is 6.72. The highest BCUT2D eigenvalue weighted by Crippen LogP contribution is 2.34. The number of urea groups is 1. The van der Waals surface area contributed by atoms with Crippen molar-refractivity contribution in [3.63, 3.8) is 0 Å². The van der Waals surface area contributed by atoms with Crippen LogP contribution >= 0.6 is 0 Å². The number of benzene rings is 3. The summed E-state index contributed by atoms with van der Waals surface area (Å²) in [5.74, 6) is 1.33. The first kappa shape index (κ1) is 25.5. The number of nitrogens with one attached hydrogen (secondary N) is 1. The lowest BCUT2D eigenvalue weighted by molar-refractivity contribution is -0.149. The Morgan fingerprint density at radius 3 is 2.55 bits per heavy atom. The third kappa shape index (κ3) is 4.98. The molecule has 0 aliphatic carbocycles. The van der Waals surface area contributed by atoms with E-state index < -0.39 is 0 Å². The average Bonchev–Trinajstić information content (AvgIpc) is 3.61. The van der Waals surface area contributed by atoms with Crippen LogP contribution in [0.3, 0.4) is 0 Å². The van der Waals surface area contributed by atoms with E-state index in [9.17, 15) is 9.59 Å². The minimum Gasteiger partial charge on any atom is -0.495 e. The summed E-state index contributed by atoms with van der Waals surface area (Å²) in [6, 6.07) is 20.8. The van der Waals surface area contributed by atoms with E-state index in [-0.39, 0.29) is 17.9 Å². The maximum Gasteiger partial charge on any atom is 0.321 e. The number of aromatic nitrogens is 1. The van der Waals surface area contributed by atoms with Crippen LogP contribution in [0.1, 0.15) is 19.8 Å². The van der Waals surface area contributed by atoms with Crippen LogP contribution in [0, 0.1) is 5.92 Å². The van der Waals surface area contributed by atoms with Gasteiger partial charge in [0.2, 0.25) is 5.89 Å². The topological polar surface area (TPSA) is 107 Å². The van der Waals surface area contributed by atoms with Crippen LogP contribution in [-0.4, -0.2) is 48.7 Å². The maximum absolute atomic E-state index is 13.1. The number of hydrogen-bond acceptors (Lipinski definition) is 7. The van der Waals surface area contributed by atoms with Crippen molar-refractivity contribution < 1.29 is 27.9 Å². The summed E-state index contributed by atoms with van der Waals surface area (Å²) in [7, 11) is 1.55. The molecular formula is C31H29N3O6. The Labute approximate surface area is 230 Å². The van der Waals surface area contributed by atoms with E-state index in [1.54, 1.807) is 31.1 Å². The standard InChI is InChI=1S/C31H29N3O6/c1-3-38-30(35)19-12-14-34(15-13-19)31(36)33-23-17-22(9-10-26(23)37-2)29-32-24-16-21(8-11-27(24)40-29)28-18-20-6-4-5-7-25(20)39-28/h4-11,16-19H,3,12-15H2,1-2H3,(H,33,36). The minimum atomic E-state index is -0.259.